The van der Waals surface area contributed by atoms with Crippen molar-refractivity contribution < 1.29 is 23.9 Å². The Morgan fingerprint density at radius 2 is 1.40 bits per heavy atom. The SMILES string of the molecule is CC(C)C[C@H](NC(=O)[C@@H](N)COC(C)(C)C)C(=O)N[C@H](C(=O)OC(C)(C)C)C(C)C. The number of carbonyl (C=O) groups is 3. The fourth-order valence-electron chi connectivity index (χ4n) is 2.51. The Hall–Kier alpha value is -1.67. The second kappa shape index (κ2) is 11.6. The molecule has 0 aromatic heterocycles. The summed E-state index contributed by atoms with van der Waals surface area (Å²) in [6.45, 7) is 18.5. The summed E-state index contributed by atoms with van der Waals surface area (Å²) in [6, 6.07) is -2.54. The third-order valence-corrected chi connectivity index (χ3v) is 4.00. The van der Waals surface area contributed by atoms with Gasteiger partial charge in [0.1, 0.15) is 23.7 Å². The molecule has 4 N–H and O–H groups in total. The third-order valence-electron chi connectivity index (χ3n) is 4.00. The lowest BCUT2D eigenvalue weighted by atomic mass is 10.00. The summed E-state index contributed by atoms with van der Waals surface area (Å²) in [5.74, 6) is -1.46. The monoisotopic (exact) mass is 429 g/mol. The second-order valence-electron chi connectivity index (χ2n) is 10.5. The summed E-state index contributed by atoms with van der Waals surface area (Å²) < 4.78 is 11.0. The molecule has 0 radical (unpaired) electrons. The Morgan fingerprint density at radius 1 is 0.867 bits per heavy atom. The third kappa shape index (κ3) is 12.1. The molecule has 0 saturated heterocycles. The van der Waals surface area contributed by atoms with Crippen molar-refractivity contribution in [1.82, 2.24) is 10.6 Å². The van der Waals surface area contributed by atoms with Gasteiger partial charge in [0.25, 0.3) is 0 Å². The quantitative estimate of drug-likeness (QED) is 0.458. The van der Waals surface area contributed by atoms with E-state index in [-0.39, 0.29) is 18.4 Å². The first-order chi connectivity index (χ1) is 13.4. The first kappa shape index (κ1) is 28.3. The summed E-state index contributed by atoms with van der Waals surface area (Å²) in [5.41, 5.74) is 4.84. The Morgan fingerprint density at radius 3 is 1.80 bits per heavy atom. The molecule has 0 aliphatic rings. The van der Waals surface area contributed by atoms with Crippen LogP contribution in [0.4, 0.5) is 0 Å². The Balaban J connectivity index is 5.24. The van der Waals surface area contributed by atoms with Gasteiger partial charge in [0, 0.05) is 0 Å². The Labute approximate surface area is 182 Å². The highest BCUT2D eigenvalue weighted by atomic mass is 16.6. The zero-order chi connectivity index (χ0) is 23.9. The molecule has 0 spiro atoms. The molecule has 0 fully saturated rings. The van der Waals surface area contributed by atoms with Gasteiger partial charge in [-0.15, -0.1) is 0 Å². The highest BCUT2D eigenvalue weighted by molar-refractivity contribution is 5.92. The van der Waals surface area contributed by atoms with Gasteiger partial charge in [-0.2, -0.15) is 0 Å². The number of esters is 1. The van der Waals surface area contributed by atoms with Crippen LogP contribution >= 0.6 is 0 Å². The van der Waals surface area contributed by atoms with Crippen LogP contribution in [0.15, 0.2) is 0 Å². The van der Waals surface area contributed by atoms with E-state index in [1.54, 1.807) is 20.8 Å². The van der Waals surface area contributed by atoms with Crippen LogP contribution in [0.2, 0.25) is 0 Å². The minimum Gasteiger partial charge on any atom is -0.458 e. The van der Waals surface area contributed by atoms with Gasteiger partial charge in [-0.05, 0) is 59.8 Å². The molecule has 0 heterocycles. The first-order valence-corrected chi connectivity index (χ1v) is 10.7. The van der Waals surface area contributed by atoms with E-state index < -0.39 is 47.1 Å². The number of ether oxygens (including phenoxy) is 2. The molecule has 0 aromatic carbocycles. The van der Waals surface area contributed by atoms with E-state index in [0.717, 1.165) is 0 Å². The molecule has 30 heavy (non-hydrogen) atoms. The smallest absolute Gasteiger partial charge is 0.329 e. The van der Waals surface area contributed by atoms with Gasteiger partial charge in [-0.3, -0.25) is 9.59 Å². The van der Waals surface area contributed by atoms with Crippen molar-refractivity contribution in [2.45, 2.75) is 105 Å². The molecule has 3 atom stereocenters. The molecule has 176 valence electrons. The number of nitrogens with two attached hydrogens (primary N) is 1. The van der Waals surface area contributed by atoms with Gasteiger partial charge in [-0.25, -0.2) is 4.79 Å². The Kier molecular flexibility index (Phi) is 11.0. The van der Waals surface area contributed by atoms with Crippen molar-refractivity contribution in [3.8, 4) is 0 Å². The molecule has 8 nitrogen and oxygen atoms in total. The van der Waals surface area contributed by atoms with Crippen molar-refractivity contribution in [2.75, 3.05) is 6.61 Å². The summed E-state index contributed by atoms with van der Waals surface area (Å²) in [5, 5.41) is 5.45. The number of nitrogens with one attached hydrogen (secondary N) is 2. The molecule has 0 aliphatic carbocycles. The summed E-state index contributed by atoms with van der Waals surface area (Å²) in [4.78, 5) is 38.0. The lowest BCUT2D eigenvalue weighted by molar-refractivity contribution is -0.160. The second-order valence-corrected chi connectivity index (χ2v) is 10.5. The van der Waals surface area contributed by atoms with E-state index in [4.69, 9.17) is 15.2 Å². The fourth-order valence-corrected chi connectivity index (χ4v) is 2.51. The molecular formula is C22H43N3O5. The van der Waals surface area contributed by atoms with E-state index in [0.29, 0.717) is 6.42 Å². The van der Waals surface area contributed by atoms with Crippen LogP contribution in [-0.4, -0.2) is 53.7 Å². The van der Waals surface area contributed by atoms with Gasteiger partial charge < -0.3 is 25.8 Å². The highest BCUT2D eigenvalue weighted by Gasteiger charge is 2.32. The minimum atomic E-state index is -0.904. The van der Waals surface area contributed by atoms with E-state index in [1.807, 2.05) is 48.5 Å². The van der Waals surface area contributed by atoms with E-state index in [1.165, 1.54) is 0 Å². The number of carbonyl (C=O) groups excluding carboxylic acids is 3. The van der Waals surface area contributed by atoms with Crippen molar-refractivity contribution in [3.63, 3.8) is 0 Å². The molecule has 0 saturated carbocycles. The van der Waals surface area contributed by atoms with Crippen molar-refractivity contribution in [2.24, 2.45) is 17.6 Å². The maximum atomic E-state index is 12.9. The summed E-state index contributed by atoms with van der Waals surface area (Å²) >= 11 is 0. The van der Waals surface area contributed by atoms with Crippen LogP contribution in [0.3, 0.4) is 0 Å². The van der Waals surface area contributed by atoms with E-state index in [9.17, 15) is 14.4 Å². The van der Waals surface area contributed by atoms with E-state index in [2.05, 4.69) is 10.6 Å². The Bertz CT molecular complexity index is 576. The predicted molar refractivity (Wildman–Crippen MR) is 118 cm³/mol. The van der Waals surface area contributed by atoms with Crippen LogP contribution in [0.5, 0.6) is 0 Å². The van der Waals surface area contributed by atoms with Gasteiger partial charge in [0.15, 0.2) is 0 Å². The van der Waals surface area contributed by atoms with Gasteiger partial charge in [0.2, 0.25) is 11.8 Å². The first-order valence-electron chi connectivity index (χ1n) is 10.7. The summed E-state index contributed by atoms with van der Waals surface area (Å²) in [6.07, 6.45) is 0.406. The maximum Gasteiger partial charge on any atom is 0.329 e. The number of hydrogen-bond donors (Lipinski definition) is 3. The standard InChI is InChI=1S/C22H43N3O5/c1-13(2)11-16(24-18(26)15(23)12-29-21(5,6)7)19(27)25-17(14(3)4)20(28)30-22(8,9)10/h13-17H,11-12,23H2,1-10H3,(H,24,26)(H,25,27)/t15-,16-,17-/m0/s1. The molecule has 0 aromatic rings. The van der Waals surface area contributed by atoms with Crippen LogP contribution in [-0.2, 0) is 23.9 Å². The van der Waals surface area contributed by atoms with Crippen LogP contribution in [0, 0.1) is 11.8 Å². The zero-order valence-corrected chi connectivity index (χ0v) is 20.4. The number of hydrogen-bond acceptors (Lipinski definition) is 6. The minimum absolute atomic E-state index is 0.0396. The van der Waals surface area contributed by atoms with Crippen molar-refractivity contribution in [3.05, 3.63) is 0 Å². The molecule has 0 aliphatic heterocycles. The molecular weight excluding hydrogens is 386 g/mol. The average Bonchev–Trinajstić information content (AvgIpc) is 2.53. The van der Waals surface area contributed by atoms with E-state index >= 15 is 0 Å². The number of rotatable bonds is 10. The zero-order valence-electron chi connectivity index (χ0n) is 20.4. The maximum absolute atomic E-state index is 12.9. The normalized spacial score (nSPS) is 15.5. The molecule has 2 amide bonds. The largest absolute Gasteiger partial charge is 0.458 e. The molecule has 0 rings (SSSR count). The molecule has 0 unspecified atom stereocenters. The van der Waals surface area contributed by atoms with Crippen LogP contribution in [0.1, 0.15) is 75.7 Å². The highest BCUT2D eigenvalue weighted by Crippen LogP contribution is 2.14. The molecule has 0 bridgehead atoms. The topological polar surface area (TPSA) is 120 Å². The predicted octanol–water partition coefficient (Wildman–Crippen LogP) is 2.14. The fraction of sp³-hybridized carbons (Fsp3) is 0.864. The van der Waals surface area contributed by atoms with Crippen LogP contribution in [0.25, 0.3) is 0 Å². The van der Waals surface area contributed by atoms with Crippen LogP contribution < -0.4 is 16.4 Å². The van der Waals surface area contributed by atoms with Gasteiger partial charge >= 0.3 is 5.97 Å². The summed E-state index contributed by atoms with van der Waals surface area (Å²) in [7, 11) is 0. The van der Waals surface area contributed by atoms with Crippen molar-refractivity contribution in [1.29, 1.82) is 0 Å². The average molecular weight is 430 g/mol. The van der Waals surface area contributed by atoms with Gasteiger partial charge in [0.05, 0.1) is 12.2 Å². The van der Waals surface area contributed by atoms with Crippen molar-refractivity contribution >= 4 is 17.8 Å². The molecule has 8 heteroatoms. The lowest BCUT2D eigenvalue weighted by Gasteiger charge is -2.29. The van der Waals surface area contributed by atoms with Gasteiger partial charge in [-0.1, -0.05) is 27.7 Å². The number of amides is 2. The lowest BCUT2D eigenvalue weighted by Crippen LogP contribution is -2.57.